The third-order valence-electron chi connectivity index (χ3n) is 6.39. The van der Waals surface area contributed by atoms with Gasteiger partial charge in [-0.1, -0.05) is 6.92 Å². The van der Waals surface area contributed by atoms with E-state index in [-0.39, 0.29) is 0 Å². The first-order valence-electron chi connectivity index (χ1n) is 11.4. The molecule has 1 aromatic carbocycles. The number of hydrogen-bond donors (Lipinski definition) is 0. The predicted molar refractivity (Wildman–Crippen MR) is 124 cm³/mol. The summed E-state index contributed by atoms with van der Waals surface area (Å²) in [6, 6.07) is 7.67. The van der Waals surface area contributed by atoms with Crippen LogP contribution in [-0.2, 0) is 0 Å². The van der Waals surface area contributed by atoms with Crippen molar-refractivity contribution < 1.29 is 9.47 Å². The highest BCUT2D eigenvalue weighted by atomic mass is 16.6. The number of benzene rings is 1. The van der Waals surface area contributed by atoms with Crippen molar-refractivity contribution in [3.05, 3.63) is 42.4 Å². The van der Waals surface area contributed by atoms with Gasteiger partial charge in [-0.2, -0.15) is 4.98 Å². The van der Waals surface area contributed by atoms with Gasteiger partial charge in [0, 0.05) is 36.6 Å². The van der Waals surface area contributed by atoms with E-state index in [0.717, 1.165) is 53.2 Å². The first kappa shape index (κ1) is 19.9. The lowest BCUT2D eigenvalue weighted by atomic mass is 10.00. The monoisotopic (exact) mass is 443 g/mol. The number of aromatic nitrogens is 6. The van der Waals surface area contributed by atoms with Gasteiger partial charge < -0.3 is 14.4 Å². The number of ether oxygens (including phenoxy) is 2. The number of nitrogens with zero attached hydrogens (tertiary/aromatic N) is 7. The Hall–Kier alpha value is -3.75. The van der Waals surface area contributed by atoms with Crippen LogP contribution in [0.25, 0.3) is 28.4 Å². The topological polar surface area (TPSA) is 90.6 Å². The summed E-state index contributed by atoms with van der Waals surface area (Å²) >= 11 is 0. The quantitative estimate of drug-likeness (QED) is 0.475. The third kappa shape index (κ3) is 3.63. The lowest BCUT2D eigenvalue weighted by Gasteiger charge is -2.30. The molecule has 0 amide bonds. The van der Waals surface area contributed by atoms with Crippen LogP contribution in [0.3, 0.4) is 0 Å². The van der Waals surface area contributed by atoms with Crippen molar-refractivity contribution in [3.63, 3.8) is 0 Å². The maximum Gasteiger partial charge on any atom is 0.252 e. The molecule has 9 nitrogen and oxygen atoms in total. The molecule has 0 spiro atoms. The zero-order chi connectivity index (χ0) is 22.4. The van der Waals surface area contributed by atoms with E-state index >= 15 is 0 Å². The maximum atomic E-state index is 5.71. The summed E-state index contributed by atoms with van der Waals surface area (Å²) < 4.78 is 13.1. The maximum absolute atomic E-state index is 5.71. The molecule has 9 heteroatoms. The summed E-state index contributed by atoms with van der Waals surface area (Å²) in [7, 11) is 0. The molecular formula is C24H25N7O2. The smallest absolute Gasteiger partial charge is 0.252 e. The SMILES string of the molecule is Cc1c(-c2ccnc(N3CCC(C)CC3)n2)cnc2nc(-c3ccc4c(c3)OCCO4)nn12. The second kappa shape index (κ2) is 7.99. The molecular weight excluding hydrogens is 418 g/mol. The van der Waals surface area contributed by atoms with Crippen LogP contribution in [0, 0.1) is 12.8 Å². The normalized spacial score (nSPS) is 16.4. The Bertz CT molecular complexity index is 1330. The minimum atomic E-state index is 0.538. The van der Waals surface area contributed by atoms with Gasteiger partial charge in [0.15, 0.2) is 17.3 Å². The number of fused-ring (bicyclic) bond motifs is 2. The van der Waals surface area contributed by atoms with Crippen molar-refractivity contribution in [3.8, 4) is 34.1 Å². The van der Waals surface area contributed by atoms with Crippen LogP contribution < -0.4 is 14.4 Å². The summed E-state index contributed by atoms with van der Waals surface area (Å²) in [5.74, 6) is 4.12. The van der Waals surface area contributed by atoms with E-state index in [9.17, 15) is 0 Å². The minimum Gasteiger partial charge on any atom is -0.486 e. The molecule has 0 atom stereocenters. The van der Waals surface area contributed by atoms with Gasteiger partial charge in [0.05, 0.1) is 11.4 Å². The molecule has 0 radical (unpaired) electrons. The van der Waals surface area contributed by atoms with E-state index in [2.05, 4.69) is 26.8 Å². The summed E-state index contributed by atoms with van der Waals surface area (Å²) in [5.41, 5.74) is 3.53. The zero-order valence-electron chi connectivity index (χ0n) is 18.7. The van der Waals surface area contributed by atoms with Gasteiger partial charge in [0.1, 0.15) is 13.2 Å². The summed E-state index contributed by atoms with van der Waals surface area (Å²) in [4.78, 5) is 20.8. The van der Waals surface area contributed by atoms with Crippen LogP contribution in [0.15, 0.2) is 36.7 Å². The minimum absolute atomic E-state index is 0.538. The van der Waals surface area contributed by atoms with Crippen molar-refractivity contribution in [2.24, 2.45) is 5.92 Å². The Morgan fingerprint density at radius 1 is 0.970 bits per heavy atom. The van der Waals surface area contributed by atoms with Crippen molar-refractivity contribution in [1.29, 1.82) is 0 Å². The Labute approximate surface area is 191 Å². The lowest BCUT2D eigenvalue weighted by molar-refractivity contribution is 0.171. The van der Waals surface area contributed by atoms with E-state index in [1.807, 2.05) is 43.6 Å². The molecule has 168 valence electrons. The van der Waals surface area contributed by atoms with Gasteiger partial charge >= 0.3 is 0 Å². The number of aryl methyl sites for hydroxylation is 1. The molecule has 4 aromatic rings. The van der Waals surface area contributed by atoms with E-state index in [0.29, 0.717) is 30.6 Å². The van der Waals surface area contributed by atoms with Crippen LogP contribution in [0.4, 0.5) is 5.95 Å². The molecule has 0 aliphatic carbocycles. The highest BCUT2D eigenvalue weighted by molar-refractivity contribution is 5.66. The molecule has 3 aromatic heterocycles. The average Bonchev–Trinajstić information content (AvgIpc) is 3.30. The van der Waals surface area contributed by atoms with Crippen LogP contribution in [-0.4, -0.2) is 55.9 Å². The molecule has 5 heterocycles. The van der Waals surface area contributed by atoms with E-state index in [1.165, 1.54) is 12.8 Å². The highest BCUT2D eigenvalue weighted by Crippen LogP contribution is 2.34. The van der Waals surface area contributed by atoms with E-state index in [1.54, 1.807) is 4.52 Å². The van der Waals surface area contributed by atoms with Crippen molar-refractivity contribution in [2.45, 2.75) is 26.7 Å². The molecule has 0 unspecified atom stereocenters. The summed E-state index contributed by atoms with van der Waals surface area (Å²) in [6.07, 6.45) is 5.97. The standard InChI is InChI=1S/C24H25N7O2/c1-15-6-9-30(10-7-15)23-25-8-5-19(27-23)18-14-26-24-28-22(29-31(24)16(18)2)17-3-4-20-21(13-17)33-12-11-32-20/h3-5,8,13-15H,6-7,9-12H2,1-2H3. The van der Waals surface area contributed by atoms with Crippen molar-refractivity contribution >= 4 is 11.7 Å². The van der Waals surface area contributed by atoms with Crippen LogP contribution in [0.2, 0.25) is 0 Å². The Balaban J connectivity index is 1.35. The Morgan fingerprint density at radius 3 is 2.64 bits per heavy atom. The van der Waals surface area contributed by atoms with Gasteiger partial charge in [-0.25, -0.2) is 19.5 Å². The third-order valence-corrected chi connectivity index (χ3v) is 6.39. The fourth-order valence-corrected chi connectivity index (χ4v) is 4.36. The molecule has 0 saturated carbocycles. The van der Waals surface area contributed by atoms with Gasteiger partial charge in [-0.3, -0.25) is 0 Å². The van der Waals surface area contributed by atoms with Crippen LogP contribution in [0.5, 0.6) is 11.5 Å². The van der Waals surface area contributed by atoms with Crippen LogP contribution in [0.1, 0.15) is 25.5 Å². The number of rotatable bonds is 3. The average molecular weight is 444 g/mol. The molecule has 0 N–H and O–H groups in total. The Morgan fingerprint density at radius 2 is 1.79 bits per heavy atom. The predicted octanol–water partition coefficient (Wildman–Crippen LogP) is 3.56. The summed E-state index contributed by atoms with van der Waals surface area (Å²) in [6.45, 7) is 7.39. The molecule has 1 saturated heterocycles. The largest absolute Gasteiger partial charge is 0.486 e. The van der Waals surface area contributed by atoms with Crippen molar-refractivity contribution in [1.82, 2.24) is 29.5 Å². The fourth-order valence-electron chi connectivity index (χ4n) is 4.36. The van der Waals surface area contributed by atoms with Gasteiger partial charge in [-0.05, 0) is 49.9 Å². The zero-order valence-corrected chi connectivity index (χ0v) is 18.7. The molecule has 2 aliphatic rings. The Kier molecular flexibility index (Phi) is 4.82. The first-order chi connectivity index (χ1) is 16.2. The van der Waals surface area contributed by atoms with Crippen LogP contribution >= 0.6 is 0 Å². The van der Waals surface area contributed by atoms with Gasteiger partial charge in [0.25, 0.3) is 5.78 Å². The van der Waals surface area contributed by atoms with Crippen molar-refractivity contribution in [2.75, 3.05) is 31.2 Å². The van der Waals surface area contributed by atoms with E-state index in [4.69, 9.17) is 19.6 Å². The van der Waals surface area contributed by atoms with Gasteiger partial charge in [-0.15, -0.1) is 5.10 Å². The lowest BCUT2D eigenvalue weighted by Crippen LogP contribution is -2.34. The number of hydrogen-bond acceptors (Lipinski definition) is 8. The highest BCUT2D eigenvalue weighted by Gasteiger charge is 2.20. The molecule has 0 bridgehead atoms. The first-order valence-corrected chi connectivity index (χ1v) is 11.4. The fraction of sp³-hybridized carbons (Fsp3) is 0.375. The van der Waals surface area contributed by atoms with E-state index < -0.39 is 0 Å². The molecule has 33 heavy (non-hydrogen) atoms. The van der Waals surface area contributed by atoms with Gasteiger partial charge in [0.2, 0.25) is 5.95 Å². The second-order valence-corrected chi connectivity index (χ2v) is 8.67. The second-order valence-electron chi connectivity index (χ2n) is 8.67. The summed E-state index contributed by atoms with van der Waals surface area (Å²) in [5, 5.41) is 4.73. The molecule has 1 fully saturated rings. The number of piperidine rings is 1. The molecule has 2 aliphatic heterocycles. The number of anilines is 1. The molecule has 6 rings (SSSR count).